The first-order chi connectivity index (χ1) is 9.04. The molecule has 0 aliphatic carbocycles. The van der Waals surface area contributed by atoms with E-state index in [-0.39, 0.29) is 18.0 Å². The molecule has 6 nitrogen and oxygen atoms in total. The quantitative estimate of drug-likeness (QED) is 0.446. The second kappa shape index (κ2) is 7.59. The second-order valence-electron chi connectivity index (χ2n) is 3.60. The molecule has 1 aromatic carbocycles. The summed E-state index contributed by atoms with van der Waals surface area (Å²) in [5.74, 6) is -0.0782. The maximum Gasteiger partial charge on any atom is 0.387 e. The van der Waals surface area contributed by atoms with Gasteiger partial charge in [0.1, 0.15) is 5.75 Å². The molecule has 1 aromatic rings. The van der Waals surface area contributed by atoms with Crippen molar-refractivity contribution in [3.05, 3.63) is 33.9 Å². The molecule has 0 radical (unpaired) electrons. The lowest BCUT2D eigenvalue weighted by atomic mass is 10.1. The molecule has 0 spiro atoms. The van der Waals surface area contributed by atoms with Gasteiger partial charge in [0.15, 0.2) is 0 Å². The number of hydrogen-bond donors (Lipinski definition) is 1. The van der Waals surface area contributed by atoms with Gasteiger partial charge in [-0.2, -0.15) is 8.78 Å². The van der Waals surface area contributed by atoms with Gasteiger partial charge in [-0.05, 0) is 6.07 Å². The molecule has 0 atom stereocenters. The van der Waals surface area contributed by atoms with Crippen molar-refractivity contribution in [3.8, 4) is 5.75 Å². The summed E-state index contributed by atoms with van der Waals surface area (Å²) >= 11 is 0. The molecule has 19 heavy (non-hydrogen) atoms. The van der Waals surface area contributed by atoms with E-state index in [2.05, 4.69) is 10.1 Å². The SMILES string of the molecule is COCCNCc1cc([N+](=O)[O-])ccc1OC(F)F. The van der Waals surface area contributed by atoms with Gasteiger partial charge in [0, 0.05) is 37.9 Å². The van der Waals surface area contributed by atoms with E-state index in [1.54, 1.807) is 0 Å². The van der Waals surface area contributed by atoms with Gasteiger partial charge < -0.3 is 14.8 Å². The van der Waals surface area contributed by atoms with Gasteiger partial charge in [0.2, 0.25) is 0 Å². The van der Waals surface area contributed by atoms with Crippen molar-refractivity contribution < 1.29 is 23.2 Å². The Morgan fingerprint density at radius 3 is 2.79 bits per heavy atom. The fraction of sp³-hybridized carbons (Fsp3) is 0.455. The van der Waals surface area contributed by atoms with Crippen molar-refractivity contribution in [1.29, 1.82) is 0 Å². The molecule has 1 N–H and O–H groups in total. The second-order valence-corrected chi connectivity index (χ2v) is 3.60. The number of alkyl halides is 2. The van der Waals surface area contributed by atoms with Crippen LogP contribution < -0.4 is 10.1 Å². The van der Waals surface area contributed by atoms with E-state index in [4.69, 9.17) is 4.74 Å². The Labute approximate surface area is 108 Å². The van der Waals surface area contributed by atoms with E-state index in [0.717, 1.165) is 12.1 Å². The van der Waals surface area contributed by atoms with Crippen LogP contribution in [0, 0.1) is 10.1 Å². The van der Waals surface area contributed by atoms with Crippen LogP contribution in [-0.2, 0) is 11.3 Å². The van der Waals surface area contributed by atoms with Gasteiger partial charge in [-0.3, -0.25) is 10.1 Å². The number of nitrogens with zero attached hydrogens (tertiary/aromatic N) is 1. The van der Waals surface area contributed by atoms with Crippen LogP contribution in [0.15, 0.2) is 18.2 Å². The van der Waals surface area contributed by atoms with Crippen LogP contribution in [-0.4, -0.2) is 31.8 Å². The summed E-state index contributed by atoms with van der Waals surface area (Å²) in [5, 5.41) is 13.5. The molecule has 0 aliphatic rings. The normalized spacial score (nSPS) is 10.7. The zero-order chi connectivity index (χ0) is 14.3. The minimum absolute atomic E-state index is 0.0782. The van der Waals surface area contributed by atoms with Crippen LogP contribution in [0.4, 0.5) is 14.5 Å². The molecular formula is C11H14F2N2O4. The first-order valence-corrected chi connectivity index (χ1v) is 5.46. The molecule has 0 saturated carbocycles. The number of methoxy groups -OCH3 is 1. The number of rotatable bonds is 8. The molecule has 0 aromatic heterocycles. The van der Waals surface area contributed by atoms with Crippen molar-refractivity contribution in [2.75, 3.05) is 20.3 Å². The highest BCUT2D eigenvalue weighted by Gasteiger charge is 2.14. The molecule has 106 valence electrons. The topological polar surface area (TPSA) is 73.6 Å². The number of nitro groups is 1. The molecule has 0 bridgehead atoms. The van der Waals surface area contributed by atoms with Crippen molar-refractivity contribution >= 4 is 5.69 Å². The van der Waals surface area contributed by atoms with E-state index in [0.29, 0.717) is 18.7 Å². The molecule has 0 saturated heterocycles. The summed E-state index contributed by atoms with van der Waals surface area (Å²) < 4.78 is 33.5. The Kier molecular flexibility index (Phi) is 6.10. The van der Waals surface area contributed by atoms with E-state index >= 15 is 0 Å². The van der Waals surface area contributed by atoms with E-state index in [1.807, 2.05) is 0 Å². The highest BCUT2D eigenvalue weighted by atomic mass is 19.3. The highest BCUT2D eigenvalue weighted by Crippen LogP contribution is 2.25. The number of nitrogens with one attached hydrogen (secondary N) is 1. The number of nitro benzene ring substituents is 1. The third-order valence-electron chi connectivity index (χ3n) is 2.27. The van der Waals surface area contributed by atoms with Crippen LogP contribution in [0.2, 0.25) is 0 Å². The Morgan fingerprint density at radius 1 is 1.47 bits per heavy atom. The summed E-state index contributed by atoms with van der Waals surface area (Å²) in [4.78, 5) is 10.0. The summed E-state index contributed by atoms with van der Waals surface area (Å²) in [6, 6.07) is 3.49. The summed E-state index contributed by atoms with van der Waals surface area (Å²) in [6.07, 6.45) is 0. The average molecular weight is 276 g/mol. The van der Waals surface area contributed by atoms with Crippen molar-refractivity contribution in [3.63, 3.8) is 0 Å². The lowest BCUT2D eigenvalue weighted by Crippen LogP contribution is -2.19. The minimum Gasteiger partial charge on any atom is -0.434 e. The lowest BCUT2D eigenvalue weighted by molar-refractivity contribution is -0.385. The van der Waals surface area contributed by atoms with Gasteiger partial charge in [-0.15, -0.1) is 0 Å². The van der Waals surface area contributed by atoms with Crippen LogP contribution >= 0.6 is 0 Å². The Bertz CT molecular complexity index is 429. The monoisotopic (exact) mass is 276 g/mol. The number of non-ortho nitro benzene ring substituents is 1. The largest absolute Gasteiger partial charge is 0.434 e. The van der Waals surface area contributed by atoms with Gasteiger partial charge in [0.25, 0.3) is 5.69 Å². The molecule has 0 fully saturated rings. The zero-order valence-corrected chi connectivity index (χ0v) is 10.3. The van der Waals surface area contributed by atoms with Gasteiger partial charge >= 0.3 is 6.61 Å². The Morgan fingerprint density at radius 2 is 2.21 bits per heavy atom. The number of benzene rings is 1. The Balaban J connectivity index is 2.81. The molecule has 0 unspecified atom stereocenters. The molecule has 0 heterocycles. The maximum atomic E-state index is 12.2. The first kappa shape index (κ1) is 15.3. The van der Waals surface area contributed by atoms with Gasteiger partial charge in [-0.25, -0.2) is 0 Å². The van der Waals surface area contributed by atoms with E-state index in [1.165, 1.54) is 13.2 Å². The third kappa shape index (κ3) is 5.14. The first-order valence-electron chi connectivity index (χ1n) is 5.46. The molecule has 8 heteroatoms. The molecule has 1 rings (SSSR count). The highest BCUT2D eigenvalue weighted by molar-refractivity contribution is 5.43. The zero-order valence-electron chi connectivity index (χ0n) is 10.3. The van der Waals surface area contributed by atoms with Crippen molar-refractivity contribution in [1.82, 2.24) is 5.32 Å². The van der Waals surface area contributed by atoms with Crippen LogP contribution in [0.3, 0.4) is 0 Å². The van der Waals surface area contributed by atoms with Crippen LogP contribution in [0.25, 0.3) is 0 Å². The van der Waals surface area contributed by atoms with Gasteiger partial charge in [-0.1, -0.05) is 0 Å². The minimum atomic E-state index is -2.97. The van der Waals surface area contributed by atoms with Crippen LogP contribution in [0.5, 0.6) is 5.75 Å². The number of ether oxygens (including phenoxy) is 2. The Hall–Kier alpha value is -1.80. The fourth-order valence-corrected chi connectivity index (χ4v) is 1.43. The average Bonchev–Trinajstić information content (AvgIpc) is 2.35. The summed E-state index contributed by atoms with van der Waals surface area (Å²) in [6.45, 7) is -1.86. The maximum absolute atomic E-state index is 12.2. The van der Waals surface area contributed by atoms with Crippen molar-refractivity contribution in [2.45, 2.75) is 13.2 Å². The number of hydrogen-bond acceptors (Lipinski definition) is 5. The number of halogens is 2. The van der Waals surface area contributed by atoms with Crippen LogP contribution in [0.1, 0.15) is 5.56 Å². The molecule has 0 aliphatic heterocycles. The molecule has 0 amide bonds. The van der Waals surface area contributed by atoms with Gasteiger partial charge in [0.05, 0.1) is 11.5 Å². The van der Waals surface area contributed by atoms with E-state index < -0.39 is 11.5 Å². The summed E-state index contributed by atoms with van der Waals surface area (Å²) in [5.41, 5.74) is 0.121. The van der Waals surface area contributed by atoms with Crippen molar-refractivity contribution in [2.24, 2.45) is 0 Å². The third-order valence-corrected chi connectivity index (χ3v) is 2.27. The predicted molar refractivity (Wildman–Crippen MR) is 63.3 cm³/mol. The smallest absolute Gasteiger partial charge is 0.387 e. The lowest BCUT2D eigenvalue weighted by Gasteiger charge is -2.11. The molecular weight excluding hydrogens is 262 g/mol. The summed E-state index contributed by atoms with van der Waals surface area (Å²) in [7, 11) is 1.53. The fourth-order valence-electron chi connectivity index (χ4n) is 1.43. The van der Waals surface area contributed by atoms with E-state index in [9.17, 15) is 18.9 Å². The standard InChI is InChI=1S/C11H14F2N2O4/c1-18-5-4-14-7-8-6-9(15(16)17)2-3-10(8)19-11(12)13/h2-3,6,11,14H,4-5,7H2,1H3. The predicted octanol–water partition coefficient (Wildman–Crippen LogP) is 1.93.